The van der Waals surface area contributed by atoms with Gasteiger partial charge in [-0.05, 0) is 6.07 Å². The molecule has 0 radical (unpaired) electrons. The quantitative estimate of drug-likeness (QED) is 0.531. The van der Waals surface area contributed by atoms with Crippen molar-refractivity contribution in [2.75, 3.05) is 12.4 Å². The number of allylic oxidation sites excluding steroid dienone is 1. The fourth-order valence-electron chi connectivity index (χ4n) is 4.10. The summed E-state index contributed by atoms with van der Waals surface area (Å²) in [5.41, 5.74) is 1.17. The number of methoxy groups -OCH3 is 1. The minimum Gasteiger partial charge on any atom is -0.504 e. The predicted molar refractivity (Wildman–Crippen MR) is 106 cm³/mol. The number of ether oxygens (including phenoxy) is 1. The van der Waals surface area contributed by atoms with Gasteiger partial charge in [-0.25, -0.2) is 4.79 Å². The van der Waals surface area contributed by atoms with Gasteiger partial charge in [0.15, 0.2) is 17.3 Å². The molecule has 0 saturated heterocycles. The van der Waals surface area contributed by atoms with Crippen LogP contribution in [0.1, 0.15) is 33.0 Å². The van der Waals surface area contributed by atoms with Gasteiger partial charge in [-0.15, -0.1) is 0 Å². The van der Waals surface area contributed by atoms with Crippen molar-refractivity contribution < 1.29 is 14.6 Å². The van der Waals surface area contributed by atoms with Gasteiger partial charge in [0.05, 0.1) is 24.3 Å². The number of phenols is 1. The fraction of sp³-hybridized carbons (Fsp3) is 0.0952. The van der Waals surface area contributed by atoms with Gasteiger partial charge in [-0.1, -0.05) is 36.4 Å². The Hall–Kier alpha value is -4.07. The number of aromatic nitrogens is 2. The first-order chi connectivity index (χ1) is 14.0. The lowest BCUT2D eigenvalue weighted by Crippen LogP contribution is -2.33. The van der Waals surface area contributed by atoms with E-state index in [1.54, 1.807) is 42.5 Å². The Balaban J connectivity index is 1.87. The molecule has 1 aliphatic carbocycles. The monoisotopic (exact) mass is 389 g/mol. The summed E-state index contributed by atoms with van der Waals surface area (Å²) < 4.78 is 5.20. The zero-order chi connectivity index (χ0) is 20.3. The van der Waals surface area contributed by atoms with E-state index in [0.29, 0.717) is 28.0 Å². The number of H-pyrrole nitrogens is 2. The molecule has 1 aromatic heterocycles. The maximum atomic E-state index is 13.3. The van der Waals surface area contributed by atoms with Gasteiger partial charge in [-0.3, -0.25) is 19.6 Å². The molecule has 2 aromatic carbocycles. The number of hydrogen-bond donors (Lipinski definition) is 4. The number of anilines is 1. The zero-order valence-electron chi connectivity index (χ0n) is 15.2. The van der Waals surface area contributed by atoms with Crippen molar-refractivity contribution >= 4 is 17.3 Å². The van der Waals surface area contributed by atoms with Crippen LogP contribution in [0.25, 0.3) is 5.70 Å². The number of aromatic amines is 2. The molecule has 0 amide bonds. The number of para-hydroxylation sites is 1. The van der Waals surface area contributed by atoms with Crippen molar-refractivity contribution in [1.29, 1.82) is 0 Å². The number of ketones is 1. The molecule has 144 valence electrons. The van der Waals surface area contributed by atoms with Gasteiger partial charge in [0.1, 0.15) is 5.82 Å². The first kappa shape index (κ1) is 17.1. The van der Waals surface area contributed by atoms with Crippen molar-refractivity contribution in [1.82, 2.24) is 9.97 Å². The molecule has 8 nitrogen and oxygen atoms in total. The van der Waals surface area contributed by atoms with Gasteiger partial charge < -0.3 is 15.2 Å². The molecule has 0 fully saturated rings. The number of hydrogen-bond acceptors (Lipinski definition) is 6. The van der Waals surface area contributed by atoms with Crippen LogP contribution in [0.2, 0.25) is 0 Å². The molecular weight excluding hydrogens is 374 g/mol. The Morgan fingerprint density at radius 1 is 0.966 bits per heavy atom. The lowest BCUT2D eigenvalue weighted by molar-refractivity contribution is 0.103. The number of Topliss-reactive ketones (excluding diaryl/α,β-unsaturated/α-hetero) is 1. The van der Waals surface area contributed by atoms with Crippen LogP contribution in [0.15, 0.2) is 57.6 Å². The Morgan fingerprint density at radius 3 is 2.48 bits per heavy atom. The van der Waals surface area contributed by atoms with Gasteiger partial charge in [0, 0.05) is 22.3 Å². The van der Waals surface area contributed by atoms with Gasteiger partial charge in [0.2, 0.25) is 0 Å². The summed E-state index contributed by atoms with van der Waals surface area (Å²) in [6.07, 6.45) is 0. The highest BCUT2D eigenvalue weighted by Crippen LogP contribution is 2.50. The molecule has 2 aliphatic rings. The second-order valence-electron chi connectivity index (χ2n) is 6.82. The summed E-state index contributed by atoms with van der Waals surface area (Å²) in [7, 11) is 1.42. The summed E-state index contributed by atoms with van der Waals surface area (Å²) in [4.78, 5) is 42.7. The Bertz CT molecular complexity index is 1350. The zero-order valence-corrected chi connectivity index (χ0v) is 15.2. The van der Waals surface area contributed by atoms with E-state index in [1.807, 2.05) is 0 Å². The van der Waals surface area contributed by atoms with Crippen LogP contribution >= 0.6 is 0 Å². The topological polar surface area (TPSA) is 124 Å². The Morgan fingerprint density at radius 2 is 1.72 bits per heavy atom. The molecule has 0 bridgehead atoms. The third-order valence-corrected chi connectivity index (χ3v) is 5.32. The van der Waals surface area contributed by atoms with Crippen molar-refractivity contribution in [2.45, 2.75) is 5.92 Å². The number of carbonyl (C=O) groups is 1. The highest BCUT2D eigenvalue weighted by atomic mass is 16.5. The lowest BCUT2D eigenvalue weighted by atomic mass is 9.81. The highest BCUT2D eigenvalue weighted by molar-refractivity contribution is 6.23. The molecule has 8 heteroatoms. The average molecular weight is 389 g/mol. The van der Waals surface area contributed by atoms with Crippen LogP contribution in [-0.4, -0.2) is 28.0 Å². The third kappa shape index (κ3) is 2.29. The molecule has 0 spiro atoms. The van der Waals surface area contributed by atoms with E-state index in [0.717, 1.165) is 0 Å². The van der Waals surface area contributed by atoms with Crippen LogP contribution in [0.3, 0.4) is 0 Å². The Kier molecular flexibility index (Phi) is 3.51. The number of nitrogens with one attached hydrogen (secondary N) is 3. The van der Waals surface area contributed by atoms with E-state index in [2.05, 4.69) is 15.3 Å². The molecule has 0 unspecified atom stereocenters. The van der Waals surface area contributed by atoms with E-state index in [9.17, 15) is 19.5 Å². The number of carbonyl (C=O) groups excluding carboxylic acids is 1. The summed E-state index contributed by atoms with van der Waals surface area (Å²) in [5.74, 6) is -0.903. The molecular formula is C21H15N3O5. The molecule has 3 aromatic rings. The van der Waals surface area contributed by atoms with E-state index in [4.69, 9.17) is 4.74 Å². The van der Waals surface area contributed by atoms with E-state index < -0.39 is 17.2 Å². The first-order valence-electron chi connectivity index (χ1n) is 8.89. The van der Waals surface area contributed by atoms with Crippen LogP contribution in [0.5, 0.6) is 11.5 Å². The third-order valence-electron chi connectivity index (χ3n) is 5.32. The maximum Gasteiger partial charge on any atom is 0.327 e. The fourth-order valence-corrected chi connectivity index (χ4v) is 4.10. The smallest absolute Gasteiger partial charge is 0.327 e. The highest BCUT2D eigenvalue weighted by Gasteiger charge is 2.42. The van der Waals surface area contributed by atoms with E-state index in [-0.39, 0.29) is 28.7 Å². The predicted octanol–water partition coefficient (Wildman–Crippen LogP) is 1.94. The number of phenolic OH excluding ortho intramolecular Hbond substituents is 1. The normalized spacial score (nSPS) is 16.7. The number of fused-ring (bicyclic) bond motifs is 3. The summed E-state index contributed by atoms with van der Waals surface area (Å²) in [6, 6.07) is 11.9. The summed E-state index contributed by atoms with van der Waals surface area (Å²) >= 11 is 0. The minimum atomic E-state index is -0.892. The van der Waals surface area contributed by atoms with E-state index in [1.165, 1.54) is 7.11 Å². The van der Waals surface area contributed by atoms with E-state index >= 15 is 0 Å². The van der Waals surface area contributed by atoms with Gasteiger partial charge in [-0.2, -0.15) is 0 Å². The van der Waals surface area contributed by atoms with Crippen molar-refractivity contribution in [3.63, 3.8) is 0 Å². The van der Waals surface area contributed by atoms with Gasteiger partial charge in [0.25, 0.3) is 5.56 Å². The summed E-state index contributed by atoms with van der Waals surface area (Å²) in [6.45, 7) is 0. The molecule has 5 rings (SSSR count). The first-order valence-corrected chi connectivity index (χ1v) is 8.89. The lowest BCUT2D eigenvalue weighted by Gasteiger charge is -2.28. The molecule has 1 atom stereocenters. The number of benzene rings is 2. The number of aromatic hydroxyl groups is 1. The van der Waals surface area contributed by atoms with Crippen molar-refractivity contribution in [3.8, 4) is 11.5 Å². The average Bonchev–Trinajstić information content (AvgIpc) is 2.99. The second kappa shape index (κ2) is 5.96. The molecule has 0 saturated carbocycles. The molecule has 2 heterocycles. The van der Waals surface area contributed by atoms with Crippen LogP contribution in [0, 0.1) is 0 Å². The summed E-state index contributed by atoms with van der Waals surface area (Å²) in [5, 5.41) is 13.8. The van der Waals surface area contributed by atoms with Crippen LogP contribution < -0.4 is 21.3 Å². The second-order valence-corrected chi connectivity index (χ2v) is 6.82. The molecule has 29 heavy (non-hydrogen) atoms. The van der Waals surface area contributed by atoms with Crippen molar-refractivity contribution in [2.24, 2.45) is 0 Å². The van der Waals surface area contributed by atoms with Crippen molar-refractivity contribution in [3.05, 3.63) is 91.1 Å². The largest absolute Gasteiger partial charge is 0.504 e. The molecule has 1 aliphatic heterocycles. The minimum absolute atomic E-state index is 0.146. The maximum absolute atomic E-state index is 13.3. The van der Waals surface area contributed by atoms with Gasteiger partial charge >= 0.3 is 5.69 Å². The number of rotatable bonds is 2. The SMILES string of the molecule is COc1cccc([C@H]2C3=C(Nc4[nH]c(=O)[nH]c(=O)c42)c2ccccc2C3=O)c1O. The standard InChI is InChI=1S/C21H15N3O5/c1-29-12-8-4-7-11(17(12)25)13-14-16(9-5-2-3-6-10(9)18(14)26)22-19-15(13)20(27)24-21(28)23-19/h2-8,13,25H,1H3,(H3,22,23,24,27,28)/t13-/m0/s1. The van der Waals surface area contributed by atoms with Crippen LogP contribution in [-0.2, 0) is 0 Å². The van der Waals surface area contributed by atoms with Crippen LogP contribution in [0.4, 0.5) is 5.82 Å². The Labute approximate surface area is 163 Å². The molecule has 4 N–H and O–H groups in total.